The monoisotopic (exact) mass is 402 g/mol. The van der Waals surface area contributed by atoms with Crippen LogP contribution in [-0.2, 0) is 0 Å². The number of rotatable bonds is 6. The molecule has 0 N–H and O–H groups in total. The molecule has 0 spiro atoms. The first-order chi connectivity index (χ1) is 14.7. The van der Waals surface area contributed by atoms with Gasteiger partial charge in [-0.05, 0) is 53.6 Å². The molecule has 4 aromatic rings. The maximum atomic E-state index is 5.46. The van der Waals surface area contributed by atoms with Crippen molar-refractivity contribution in [3.63, 3.8) is 0 Å². The largest absolute Gasteiger partial charge is 0.493 e. The van der Waals surface area contributed by atoms with Gasteiger partial charge in [-0.1, -0.05) is 12.1 Å². The lowest BCUT2D eigenvalue weighted by Gasteiger charge is -2.12. The van der Waals surface area contributed by atoms with E-state index in [1.165, 1.54) is 0 Å². The summed E-state index contributed by atoms with van der Waals surface area (Å²) >= 11 is 0. The maximum absolute atomic E-state index is 5.46. The molecule has 0 fully saturated rings. The average Bonchev–Trinajstić information content (AvgIpc) is 2.82. The second-order valence-electron chi connectivity index (χ2n) is 6.59. The fourth-order valence-corrected chi connectivity index (χ4v) is 3.47. The van der Waals surface area contributed by atoms with Gasteiger partial charge in [-0.25, -0.2) is 9.97 Å². The zero-order chi connectivity index (χ0) is 21.1. The standard InChI is InChI=1S/C24H22N2O4/c1-27-20-9-6-16(12-22(20)29-3)15-5-8-19-18(11-15)24(26-14-25-19)17-7-10-21(28-2)23(13-17)30-4/h5-14H,1-4H3. The molecule has 0 aliphatic carbocycles. The molecule has 30 heavy (non-hydrogen) atoms. The van der Waals surface area contributed by atoms with Gasteiger partial charge in [-0.3, -0.25) is 0 Å². The van der Waals surface area contributed by atoms with Gasteiger partial charge in [0.2, 0.25) is 0 Å². The summed E-state index contributed by atoms with van der Waals surface area (Å²) in [7, 11) is 6.49. The van der Waals surface area contributed by atoms with Gasteiger partial charge >= 0.3 is 0 Å². The molecule has 0 saturated heterocycles. The van der Waals surface area contributed by atoms with E-state index in [1.807, 2.05) is 48.5 Å². The van der Waals surface area contributed by atoms with Crippen molar-refractivity contribution in [2.75, 3.05) is 28.4 Å². The highest BCUT2D eigenvalue weighted by molar-refractivity contribution is 5.95. The van der Waals surface area contributed by atoms with Gasteiger partial charge < -0.3 is 18.9 Å². The molecule has 0 aliphatic rings. The molecule has 6 heteroatoms. The van der Waals surface area contributed by atoms with Crippen LogP contribution >= 0.6 is 0 Å². The van der Waals surface area contributed by atoms with Gasteiger partial charge in [0, 0.05) is 10.9 Å². The van der Waals surface area contributed by atoms with Crippen LogP contribution in [0.5, 0.6) is 23.0 Å². The maximum Gasteiger partial charge on any atom is 0.161 e. The number of hydrogen-bond acceptors (Lipinski definition) is 6. The number of aromatic nitrogens is 2. The Bertz CT molecular complexity index is 1210. The molecule has 1 heterocycles. The molecule has 4 rings (SSSR count). The van der Waals surface area contributed by atoms with Crippen molar-refractivity contribution < 1.29 is 18.9 Å². The summed E-state index contributed by atoms with van der Waals surface area (Å²) in [6, 6.07) is 17.7. The Hall–Kier alpha value is -3.80. The van der Waals surface area contributed by atoms with Crippen LogP contribution in [0.1, 0.15) is 0 Å². The third-order valence-electron chi connectivity index (χ3n) is 5.01. The molecule has 3 aromatic carbocycles. The predicted molar refractivity (Wildman–Crippen MR) is 117 cm³/mol. The fourth-order valence-electron chi connectivity index (χ4n) is 3.47. The minimum atomic E-state index is 0.651. The molecule has 152 valence electrons. The topological polar surface area (TPSA) is 62.7 Å². The summed E-state index contributed by atoms with van der Waals surface area (Å²) in [5.74, 6) is 2.69. The molecule has 0 atom stereocenters. The summed E-state index contributed by atoms with van der Waals surface area (Å²) < 4.78 is 21.6. The molecular formula is C24H22N2O4. The predicted octanol–water partition coefficient (Wildman–Crippen LogP) is 5.00. The molecular weight excluding hydrogens is 380 g/mol. The number of hydrogen-bond donors (Lipinski definition) is 0. The Morgan fingerprint density at radius 1 is 0.533 bits per heavy atom. The van der Waals surface area contributed by atoms with Crippen molar-refractivity contribution in [3.8, 4) is 45.4 Å². The lowest BCUT2D eigenvalue weighted by molar-refractivity contribution is 0.355. The molecule has 1 aromatic heterocycles. The van der Waals surface area contributed by atoms with E-state index >= 15 is 0 Å². The normalized spacial score (nSPS) is 10.7. The van der Waals surface area contributed by atoms with Crippen molar-refractivity contribution >= 4 is 10.9 Å². The number of ether oxygens (including phenoxy) is 4. The van der Waals surface area contributed by atoms with E-state index < -0.39 is 0 Å². The van der Waals surface area contributed by atoms with E-state index in [-0.39, 0.29) is 0 Å². The van der Waals surface area contributed by atoms with Crippen LogP contribution in [0.3, 0.4) is 0 Å². The zero-order valence-electron chi connectivity index (χ0n) is 17.3. The summed E-state index contributed by atoms with van der Waals surface area (Å²) in [4.78, 5) is 8.98. The minimum Gasteiger partial charge on any atom is -0.493 e. The van der Waals surface area contributed by atoms with E-state index in [0.29, 0.717) is 23.0 Å². The minimum absolute atomic E-state index is 0.651. The van der Waals surface area contributed by atoms with Crippen molar-refractivity contribution in [2.45, 2.75) is 0 Å². The number of benzene rings is 3. The van der Waals surface area contributed by atoms with Crippen molar-refractivity contribution in [3.05, 3.63) is 60.9 Å². The number of methoxy groups -OCH3 is 4. The van der Waals surface area contributed by atoms with Gasteiger partial charge in [-0.15, -0.1) is 0 Å². The summed E-state index contributed by atoms with van der Waals surface area (Å²) in [6.45, 7) is 0. The van der Waals surface area contributed by atoms with Gasteiger partial charge in [0.15, 0.2) is 23.0 Å². The van der Waals surface area contributed by atoms with Crippen LogP contribution in [0.4, 0.5) is 0 Å². The molecule has 0 amide bonds. The van der Waals surface area contributed by atoms with Crippen LogP contribution in [-0.4, -0.2) is 38.4 Å². The number of fused-ring (bicyclic) bond motifs is 1. The van der Waals surface area contributed by atoms with Gasteiger partial charge in [0.1, 0.15) is 6.33 Å². The van der Waals surface area contributed by atoms with Crippen LogP contribution in [0, 0.1) is 0 Å². The molecule has 0 aliphatic heterocycles. The van der Waals surface area contributed by atoms with Crippen LogP contribution in [0.2, 0.25) is 0 Å². The van der Waals surface area contributed by atoms with E-state index in [1.54, 1.807) is 34.8 Å². The lowest BCUT2D eigenvalue weighted by atomic mass is 10.00. The van der Waals surface area contributed by atoms with E-state index in [0.717, 1.165) is 33.3 Å². The SMILES string of the molecule is COc1ccc(-c2ccc3ncnc(-c4ccc(OC)c(OC)c4)c3c2)cc1OC. The average molecular weight is 402 g/mol. The summed E-state index contributed by atoms with van der Waals surface area (Å²) in [5.41, 5.74) is 4.64. The third kappa shape index (κ3) is 3.48. The van der Waals surface area contributed by atoms with Crippen molar-refractivity contribution in [1.29, 1.82) is 0 Å². The van der Waals surface area contributed by atoms with Gasteiger partial charge in [-0.2, -0.15) is 0 Å². The van der Waals surface area contributed by atoms with Crippen LogP contribution in [0.25, 0.3) is 33.3 Å². The molecule has 0 unspecified atom stereocenters. The zero-order valence-corrected chi connectivity index (χ0v) is 17.3. The highest BCUT2D eigenvalue weighted by Crippen LogP contribution is 2.37. The first-order valence-electron chi connectivity index (χ1n) is 9.38. The highest BCUT2D eigenvalue weighted by Gasteiger charge is 2.13. The second-order valence-corrected chi connectivity index (χ2v) is 6.59. The molecule has 0 bridgehead atoms. The molecule has 6 nitrogen and oxygen atoms in total. The highest BCUT2D eigenvalue weighted by atomic mass is 16.5. The van der Waals surface area contributed by atoms with Crippen molar-refractivity contribution in [2.24, 2.45) is 0 Å². The third-order valence-corrected chi connectivity index (χ3v) is 5.01. The smallest absolute Gasteiger partial charge is 0.161 e. The fraction of sp³-hybridized carbons (Fsp3) is 0.167. The number of nitrogens with zero attached hydrogens (tertiary/aromatic N) is 2. The van der Waals surface area contributed by atoms with Crippen LogP contribution < -0.4 is 18.9 Å². The lowest BCUT2D eigenvalue weighted by Crippen LogP contribution is -1.94. The summed E-state index contributed by atoms with van der Waals surface area (Å²) in [5, 5.41) is 0.942. The van der Waals surface area contributed by atoms with E-state index in [2.05, 4.69) is 16.0 Å². The Kier molecular flexibility index (Phi) is 5.39. The van der Waals surface area contributed by atoms with Gasteiger partial charge in [0.25, 0.3) is 0 Å². The van der Waals surface area contributed by atoms with Crippen molar-refractivity contribution in [1.82, 2.24) is 9.97 Å². The Morgan fingerprint density at radius 3 is 1.70 bits per heavy atom. The first kappa shape index (κ1) is 19.5. The van der Waals surface area contributed by atoms with Gasteiger partial charge in [0.05, 0.1) is 39.6 Å². The Balaban J connectivity index is 1.86. The molecule has 0 radical (unpaired) electrons. The first-order valence-corrected chi connectivity index (χ1v) is 9.38. The van der Waals surface area contributed by atoms with E-state index in [9.17, 15) is 0 Å². The molecule has 0 saturated carbocycles. The Morgan fingerprint density at radius 2 is 1.07 bits per heavy atom. The second kappa shape index (κ2) is 8.29. The Labute approximate surface area is 175 Å². The van der Waals surface area contributed by atoms with E-state index in [4.69, 9.17) is 18.9 Å². The quantitative estimate of drug-likeness (QED) is 0.452. The van der Waals surface area contributed by atoms with Crippen LogP contribution in [0.15, 0.2) is 60.9 Å². The summed E-state index contributed by atoms with van der Waals surface area (Å²) in [6.07, 6.45) is 1.57.